The summed E-state index contributed by atoms with van der Waals surface area (Å²) in [5, 5.41) is 13.3. The van der Waals surface area contributed by atoms with Crippen LogP contribution in [0.5, 0.6) is 17.2 Å². The van der Waals surface area contributed by atoms with Crippen LogP contribution in [-0.4, -0.2) is 50.8 Å². The highest BCUT2D eigenvalue weighted by atomic mass is 16.5. The summed E-state index contributed by atoms with van der Waals surface area (Å²) in [6.45, 7) is 2.01. The topological polar surface area (TPSA) is 126 Å². The quantitative estimate of drug-likeness (QED) is 0.298. The van der Waals surface area contributed by atoms with Crippen molar-refractivity contribution in [2.75, 3.05) is 38.2 Å². The molecule has 10 nitrogen and oxygen atoms in total. The van der Waals surface area contributed by atoms with E-state index in [0.717, 1.165) is 5.56 Å². The van der Waals surface area contributed by atoms with Crippen LogP contribution in [0.3, 0.4) is 0 Å². The van der Waals surface area contributed by atoms with Crippen LogP contribution in [0.15, 0.2) is 60.7 Å². The number of hydrogen-bond acceptors (Lipinski definition) is 7. The molecule has 0 saturated carbocycles. The highest BCUT2D eigenvalue weighted by Gasteiger charge is 2.20. The molecule has 0 aliphatic heterocycles. The van der Waals surface area contributed by atoms with Crippen molar-refractivity contribution in [2.24, 2.45) is 0 Å². The molecule has 0 aliphatic rings. The number of carboxylic acid groups (broad SMARTS) is 1. The Morgan fingerprint density at radius 3 is 2.32 bits per heavy atom. The minimum atomic E-state index is -1.07. The summed E-state index contributed by atoms with van der Waals surface area (Å²) in [6, 6.07) is 16.5. The Hall–Kier alpha value is -4.57. The molecule has 10 heteroatoms. The molecule has 0 spiro atoms. The minimum absolute atomic E-state index is 0.0660. The number of nitrogens with zero attached hydrogens (tertiary/aromatic N) is 1. The number of carbonyl (C=O) groups excluding carboxylic acids is 2. The number of nitrogens with one attached hydrogen (secondary N) is 2. The van der Waals surface area contributed by atoms with Crippen molar-refractivity contribution in [1.82, 2.24) is 5.43 Å². The summed E-state index contributed by atoms with van der Waals surface area (Å²) in [7, 11) is 4.53. The summed E-state index contributed by atoms with van der Waals surface area (Å²) in [6.07, 6.45) is 0.277. The van der Waals surface area contributed by atoms with E-state index in [2.05, 4.69) is 10.7 Å². The molecule has 3 aromatic carbocycles. The molecule has 0 radical (unpaired) electrons. The number of benzene rings is 3. The van der Waals surface area contributed by atoms with Gasteiger partial charge in [-0.2, -0.15) is 0 Å². The summed E-state index contributed by atoms with van der Waals surface area (Å²) in [5.74, 6) is -0.0882. The number of methoxy groups -OCH3 is 2. The Bertz CT molecular complexity index is 1310. The normalized spacial score (nSPS) is 10.4. The van der Waals surface area contributed by atoms with Crippen molar-refractivity contribution in [3.8, 4) is 17.2 Å². The molecular weight excluding hydrogens is 490 g/mol. The number of ether oxygens (including phenoxy) is 3. The summed E-state index contributed by atoms with van der Waals surface area (Å²) in [4.78, 5) is 36.7. The summed E-state index contributed by atoms with van der Waals surface area (Å²) < 4.78 is 16.3. The predicted octanol–water partition coefficient (Wildman–Crippen LogP) is 4.46. The van der Waals surface area contributed by atoms with Gasteiger partial charge in [-0.25, -0.2) is 20.0 Å². The zero-order valence-electron chi connectivity index (χ0n) is 21.7. The molecule has 0 fully saturated rings. The molecule has 38 heavy (non-hydrogen) atoms. The third-order valence-electron chi connectivity index (χ3n) is 5.75. The molecule has 0 unspecified atom stereocenters. The van der Waals surface area contributed by atoms with E-state index in [-0.39, 0.29) is 36.5 Å². The molecule has 0 saturated heterocycles. The van der Waals surface area contributed by atoms with Gasteiger partial charge in [-0.1, -0.05) is 24.3 Å². The molecule has 0 aliphatic carbocycles. The van der Waals surface area contributed by atoms with Gasteiger partial charge in [0.05, 0.1) is 26.4 Å². The van der Waals surface area contributed by atoms with Gasteiger partial charge in [0.1, 0.15) is 17.2 Å². The van der Waals surface area contributed by atoms with Crippen molar-refractivity contribution in [2.45, 2.75) is 19.8 Å². The molecule has 0 bridgehead atoms. The number of ketones is 1. The van der Waals surface area contributed by atoms with Gasteiger partial charge in [0, 0.05) is 25.6 Å². The van der Waals surface area contributed by atoms with E-state index in [4.69, 9.17) is 19.3 Å². The molecule has 0 heterocycles. The standard InChI is InChI=1S/C28H31N3O7/c1-18-7-5-6-8-22(18)30-28(35)31(29-2)23-11-9-19(16-25(23)36-3)15-21(32)13-14-38-24-12-10-20(27(33)34)17-26(24)37-4/h5-12,16-17,29H,13-15H2,1-4H3,(H,30,35)(H,33,34). The Morgan fingerprint density at radius 2 is 1.66 bits per heavy atom. The van der Waals surface area contributed by atoms with Gasteiger partial charge < -0.3 is 24.6 Å². The van der Waals surface area contributed by atoms with Gasteiger partial charge >= 0.3 is 12.0 Å². The number of hydrogen-bond donors (Lipinski definition) is 3. The number of carboxylic acids is 1. The lowest BCUT2D eigenvalue weighted by atomic mass is 10.1. The second kappa shape index (κ2) is 13.1. The number of aryl methyl sites for hydroxylation is 1. The second-order valence-electron chi connectivity index (χ2n) is 8.29. The molecule has 3 aromatic rings. The fourth-order valence-electron chi connectivity index (χ4n) is 3.74. The number of rotatable bonds is 12. The van der Waals surface area contributed by atoms with Crippen LogP contribution in [0.25, 0.3) is 0 Å². The van der Waals surface area contributed by atoms with Crippen LogP contribution in [0.4, 0.5) is 16.2 Å². The van der Waals surface area contributed by atoms with Gasteiger partial charge in [-0.15, -0.1) is 0 Å². The number of carbonyl (C=O) groups is 3. The van der Waals surface area contributed by atoms with E-state index in [1.165, 1.54) is 37.4 Å². The molecule has 0 aromatic heterocycles. The zero-order valence-corrected chi connectivity index (χ0v) is 21.7. The van der Waals surface area contributed by atoms with E-state index in [1.54, 1.807) is 25.2 Å². The van der Waals surface area contributed by atoms with Crippen molar-refractivity contribution in [3.63, 3.8) is 0 Å². The minimum Gasteiger partial charge on any atom is -0.495 e. The Balaban J connectivity index is 1.63. The Morgan fingerprint density at radius 1 is 0.921 bits per heavy atom. The van der Waals surface area contributed by atoms with Gasteiger partial charge in [0.2, 0.25) is 0 Å². The maximum absolute atomic E-state index is 13.0. The largest absolute Gasteiger partial charge is 0.495 e. The maximum atomic E-state index is 13.0. The van der Waals surface area contributed by atoms with E-state index >= 15 is 0 Å². The molecule has 3 N–H and O–H groups in total. The van der Waals surface area contributed by atoms with Crippen molar-refractivity contribution >= 4 is 29.2 Å². The lowest BCUT2D eigenvalue weighted by molar-refractivity contribution is -0.118. The fourth-order valence-corrected chi connectivity index (χ4v) is 3.74. The van der Waals surface area contributed by atoms with Crippen molar-refractivity contribution in [3.05, 3.63) is 77.4 Å². The average molecular weight is 522 g/mol. The van der Waals surface area contributed by atoms with E-state index < -0.39 is 12.0 Å². The predicted molar refractivity (Wildman–Crippen MR) is 144 cm³/mol. The lowest BCUT2D eigenvalue weighted by Crippen LogP contribution is -2.43. The van der Waals surface area contributed by atoms with E-state index in [9.17, 15) is 14.4 Å². The first-order valence-corrected chi connectivity index (χ1v) is 11.8. The maximum Gasteiger partial charge on any atom is 0.341 e. The summed E-state index contributed by atoms with van der Waals surface area (Å²) >= 11 is 0. The number of aromatic carboxylic acids is 1. The van der Waals surface area contributed by atoms with Crippen molar-refractivity contribution < 1.29 is 33.7 Å². The van der Waals surface area contributed by atoms with Gasteiger partial charge in [0.25, 0.3) is 0 Å². The number of anilines is 2. The molecule has 3 rings (SSSR count). The van der Waals surface area contributed by atoms with Gasteiger partial charge in [0.15, 0.2) is 11.5 Å². The number of urea groups is 1. The lowest BCUT2D eigenvalue weighted by Gasteiger charge is -2.24. The summed E-state index contributed by atoms with van der Waals surface area (Å²) in [5.41, 5.74) is 5.77. The zero-order chi connectivity index (χ0) is 27.7. The number of hydrazine groups is 1. The van der Waals surface area contributed by atoms with E-state index in [1.807, 2.05) is 31.2 Å². The number of Topliss-reactive ketones (excluding diaryl/α,β-unsaturated/α-hetero) is 1. The SMILES string of the molecule is CNN(C(=O)Nc1ccccc1C)c1ccc(CC(=O)CCOc2ccc(C(=O)O)cc2OC)cc1OC. The van der Waals surface area contributed by atoms with Crippen LogP contribution in [0.1, 0.15) is 27.9 Å². The van der Waals surface area contributed by atoms with E-state index in [0.29, 0.717) is 28.4 Å². The van der Waals surface area contributed by atoms with Crippen LogP contribution in [0, 0.1) is 6.92 Å². The monoisotopic (exact) mass is 521 g/mol. The molecule has 0 atom stereocenters. The Kier molecular flexibility index (Phi) is 9.66. The fraction of sp³-hybridized carbons (Fsp3) is 0.250. The van der Waals surface area contributed by atoms with Crippen LogP contribution < -0.4 is 30.0 Å². The Labute approximate surface area is 221 Å². The molecular formula is C28H31N3O7. The average Bonchev–Trinajstić information content (AvgIpc) is 2.91. The third kappa shape index (κ3) is 7.01. The smallest absolute Gasteiger partial charge is 0.341 e. The first-order chi connectivity index (χ1) is 18.3. The first kappa shape index (κ1) is 28.0. The first-order valence-electron chi connectivity index (χ1n) is 11.8. The molecule has 200 valence electrons. The van der Waals surface area contributed by atoms with Crippen LogP contribution in [0.2, 0.25) is 0 Å². The van der Waals surface area contributed by atoms with Crippen molar-refractivity contribution in [1.29, 1.82) is 0 Å². The second-order valence-corrected chi connectivity index (χ2v) is 8.29. The highest BCUT2D eigenvalue weighted by Crippen LogP contribution is 2.30. The van der Waals surface area contributed by atoms with Crippen LogP contribution in [-0.2, 0) is 11.2 Å². The highest BCUT2D eigenvalue weighted by molar-refractivity contribution is 6.02. The number of para-hydroxylation sites is 1. The van der Waals surface area contributed by atoms with Gasteiger partial charge in [-0.05, 0) is 54.4 Å². The number of amides is 2. The molecule has 2 amide bonds. The van der Waals surface area contributed by atoms with Crippen LogP contribution >= 0.6 is 0 Å². The third-order valence-corrected chi connectivity index (χ3v) is 5.75. The van der Waals surface area contributed by atoms with Gasteiger partial charge in [-0.3, -0.25) is 4.79 Å².